The highest BCUT2D eigenvalue weighted by Gasteiger charge is 2.32. The van der Waals surface area contributed by atoms with Gasteiger partial charge in [-0.25, -0.2) is 4.98 Å². The molecule has 1 aliphatic heterocycles. The largest absolute Gasteiger partial charge is 0.370 e. The maximum atomic E-state index is 13.3. The van der Waals surface area contributed by atoms with Crippen molar-refractivity contribution < 1.29 is 14.3 Å². The normalized spacial score (nSPS) is 17.1. The number of thiophene rings is 1. The first-order chi connectivity index (χ1) is 15.5. The number of carbonyl (C=O) groups excluding carboxylic acids is 2. The van der Waals surface area contributed by atoms with Crippen LogP contribution in [0, 0.1) is 5.92 Å². The van der Waals surface area contributed by atoms with Crippen molar-refractivity contribution in [2.75, 3.05) is 26.2 Å². The van der Waals surface area contributed by atoms with Crippen LogP contribution in [-0.4, -0.2) is 63.9 Å². The van der Waals surface area contributed by atoms with Crippen LogP contribution in [0.2, 0.25) is 0 Å². The second kappa shape index (κ2) is 10.3. The summed E-state index contributed by atoms with van der Waals surface area (Å²) in [4.78, 5) is 39.3. The number of hydrogen-bond acceptors (Lipinski definition) is 7. The number of amides is 2. The monoisotopic (exact) mass is 470 g/mol. The van der Waals surface area contributed by atoms with Crippen LogP contribution in [0.3, 0.4) is 0 Å². The van der Waals surface area contributed by atoms with Crippen molar-refractivity contribution in [2.45, 2.75) is 26.6 Å². The molecule has 7 nitrogen and oxygen atoms in total. The lowest BCUT2D eigenvalue weighted by Gasteiger charge is -2.26. The predicted molar refractivity (Wildman–Crippen MR) is 126 cm³/mol. The van der Waals surface area contributed by atoms with Crippen LogP contribution >= 0.6 is 22.7 Å². The van der Waals surface area contributed by atoms with Gasteiger partial charge in [-0.15, -0.1) is 22.7 Å². The predicted octanol–water partition coefficient (Wildman–Crippen LogP) is 3.79. The third-order valence-electron chi connectivity index (χ3n) is 5.06. The number of ether oxygens (including phenoxy) is 1. The third kappa shape index (κ3) is 5.59. The van der Waals surface area contributed by atoms with Crippen LogP contribution in [0.15, 0.2) is 47.4 Å². The molecular weight excluding hydrogens is 444 g/mol. The summed E-state index contributed by atoms with van der Waals surface area (Å²) < 4.78 is 6.15. The minimum Gasteiger partial charge on any atom is -0.370 e. The molecule has 0 radical (unpaired) electrons. The summed E-state index contributed by atoms with van der Waals surface area (Å²) in [6.07, 6.45) is 3.19. The Morgan fingerprint density at radius 2 is 2.12 bits per heavy atom. The number of carbonyl (C=O) groups is 2. The van der Waals surface area contributed by atoms with Gasteiger partial charge in [0.05, 0.1) is 17.6 Å². The molecule has 0 unspecified atom stereocenters. The Bertz CT molecular complexity index is 1040. The van der Waals surface area contributed by atoms with Crippen LogP contribution in [0.25, 0.3) is 9.88 Å². The van der Waals surface area contributed by atoms with E-state index in [-0.39, 0.29) is 24.5 Å². The van der Waals surface area contributed by atoms with Crippen LogP contribution < -0.4 is 0 Å². The lowest BCUT2D eigenvalue weighted by Crippen LogP contribution is -2.40. The van der Waals surface area contributed by atoms with Gasteiger partial charge in [-0.2, -0.15) is 0 Å². The summed E-state index contributed by atoms with van der Waals surface area (Å²) >= 11 is 3.03. The molecule has 0 bridgehead atoms. The number of thiazole rings is 1. The molecule has 0 saturated carbocycles. The molecule has 32 heavy (non-hydrogen) atoms. The van der Waals surface area contributed by atoms with E-state index in [1.165, 1.54) is 11.3 Å². The molecule has 0 spiro atoms. The fourth-order valence-corrected chi connectivity index (χ4v) is 5.21. The number of rotatable bonds is 7. The number of aromatic nitrogens is 2. The van der Waals surface area contributed by atoms with Gasteiger partial charge in [0, 0.05) is 37.4 Å². The second-order valence-corrected chi connectivity index (χ2v) is 9.99. The molecule has 9 heteroatoms. The zero-order valence-electron chi connectivity index (χ0n) is 18.1. The standard InChI is InChI=1S/C23H26N4O3S2/c1-16(2)10-26-11-18(30-14-17-5-3-7-24-9-17)12-27(13-21(26)28)23(29)19-15-32-22(25-19)20-6-4-8-31-20/h3-9,15-16,18H,10-14H2,1-2H3/t18-/m1/s1. The van der Waals surface area contributed by atoms with E-state index in [1.807, 2.05) is 34.5 Å². The Balaban J connectivity index is 1.51. The third-order valence-corrected chi connectivity index (χ3v) is 6.94. The molecule has 1 saturated heterocycles. The van der Waals surface area contributed by atoms with E-state index in [2.05, 4.69) is 23.8 Å². The Morgan fingerprint density at radius 1 is 1.25 bits per heavy atom. The van der Waals surface area contributed by atoms with Gasteiger partial charge in [-0.3, -0.25) is 14.6 Å². The molecule has 0 aromatic carbocycles. The Kier molecular flexibility index (Phi) is 7.29. The van der Waals surface area contributed by atoms with Gasteiger partial charge in [0.1, 0.15) is 17.2 Å². The summed E-state index contributed by atoms with van der Waals surface area (Å²) in [5, 5.41) is 4.57. The maximum Gasteiger partial charge on any atom is 0.273 e. The molecule has 1 fully saturated rings. The fraction of sp³-hybridized carbons (Fsp3) is 0.391. The van der Waals surface area contributed by atoms with Gasteiger partial charge in [-0.05, 0) is 29.0 Å². The van der Waals surface area contributed by atoms with E-state index in [4.69, 9.17) is 4.74 Å². The summed E-state index contributed by atoms with van der Waals surface area (Å²) in [5.74, 6) is 0.0269. The van der Waals surface area contributed by atoms with E-state index in [0.29, 0.717) is 37.9 Å². The fourth-order valence-electron chi connectivity index (χ4n) is 3.60. The lowest BCUT2D eigenvalue weighted by atomic mass is 10.2. The van der Waals surface area contributed by atoms with Crippen LogP contribution in [0.1, 0.15) is 29.9 Å². The number of pyridine rings is 1. The molecule has 4 rings (SSSR count). The van der Waals surface area contributed by atoms with Crippen LogP contribution in [0.5, 0.6) is 0 Å². The van der Waals surface area contributed by atoms with Gasteiger partial charge < -0.3 is 14.5 Å². The summed E-state index contributed by atoms with van der Waals surface area (Å²) in [6, 6.07) is 7.76. The van der Waals surface area contributed by atoms with Gasteiger partial charge in [0.25, 0.3) is 5.91 Å². The number of nitrogens with zero attached hydrogens (tertiary/aromatic N) is 4. The first-order valence-electron chi connectivity index (χ1n) is 10.6. The Hall–Kier alpha value is -2.62. The average Bonchev–Trinajstić information content (AvgIpc) is 3.45. The first kappa shape index (κ1) is 22.6. The zero-order valence-corrected chi connectivity index (χ0v) is 19.8. The smallest absolute Gasteiger partial charge is 0.273 e. The van der Waals surface area contributed by atoms with Crippen LogP contribution in [-0.2, 0) is 16.1 Å². The molecule has 0 N–H and O–H groups in total. The SMILES string of the molecule is CC(C)CN1C[C@@H](OCc2cccnc2)CN(C(=O)c2csc(-c3cccs3)n2)CC1=O. The average molecular weight is 471 g/mol. The minimum absolute atomic E-state index is 0.0319. The molecular formula is C23H26N4O3S2. The highest BCUT2D eigenvalue weighted by Crippen LogP contribution is 2.28. The quantitative estimate of drug-likeness (QED) is 0.525. The second-order valence-electron chi connectivity index (χ2n) is 8.19. The zero-order chi connectivity index (χ0) is 22.5. The minimum atomic E-state index is -0.292. The van der Waals surface area contributed by atoms with E-state index in [1.54, 1.807) is 34.0 Å². The molecule has 2 amide bonds. The van der Waals surface area contributed by atoms with E-state index < -0.39 is 0 Å². The molecule has 4 heterocycles. The Labute approximate surface area is 195 Å². The van der Waals surface area contributed by atoms with Crippen molar-refractivity contribution in [1.82, 2.24) is 19.8 Å². The van der Waals surface area contributed by atoms with Crippen molar-refractivity contribution >= 4 is 34.5 Å². The molecule has 3 aromatic heterocycles. The van der Waals surface area contributed by atoms with Gasteiger partial charge in [-0.1, -0.05) is 26.0 Å². The topological polar surface area (TPSA) is 75.6 Å². The molecule has 168 valence electrons. The van der Waals surface area contributed by atoms with Crippen molar-refractivity contribution in [3.05, 3.63) is 58.7 Å². The van der Waals surface area contributed by atoms with E-state index in [0.717, 1.165) is 15.4 Å². The Morgan fingerprint density at radius 3 is 2.84 bits per heavy atom. The lowest BCUT2D eigenvalue weighted by molar-refractivity contribution is -0.132. The van der Waals surface area contributed by atoms with Crippen molar-refractivity contribution in [3.8, 4) is 9.88 Å². The highest BCUT2D eigenvalue weighted by molar-refractivity contribution is 7.20. The van der Waals surface area contributed by atoms with Crippen LogP contribution in [0.4, 0.5) is 0 Å². The van der Waals surface area contributed by atoms with Crippen molar-refractivity contribution in [2.24, 2.45) is 5.92 Å². The molecule has 1 atom stereocenters. The first-order valence-corrected chi connectivity index (χ1v) is 12.3. The summed E-state index contributed by atoms with van der Waals surface area (Å²) in [6.45, 7) is 5.99. The van der Waals surface area contributed by atoms with E-state index in [9.17, 15) is 9.59 Å². The summed E-state index contributed by atoms with van der Waals surface area (Å²) in [7, 11) is 0. The van der Waals surface area contributed by atoms with Gasteiger partial charge >= 0.3 is 0 Å². The summed E-state index contributed by atoms with van der Waals surface area (Å²) in [5.41, 5.74) is 1.32. The maximum absolute atomic E-state index is 13.3. The van der Waals surface area contributed by atoms with Crippen molar-refractivity contribution in [3.63, 3.8) is 0 Å². The highest BCUT2D eigenvalue weighted by atomic mass is 32.1. The van der Waals surface area contributed by atoms with Crippen molar-refractivity contribution in [1.29, 1.82) is 0 Å². The number of hydrogen-bond donors (Lipinski definition) is 0. The molecule has 1 aliphatic rings. The van der Waals surface area contributed by atoms with E-state index >= 15 is 0 Å². The molecule has 0 aliphatic carbocycles. The molecule has 3 aromatic rings. The van der Waals surface area contributed by atoms with Gasteiger partial charge in [0.15, 0.2) is 0 Å². The van der Waals surface area contributed by atoms with Gasteiger partial charge in [0.2, 0.25) is 5.91 Å².